The van der Waals surface area contributed by atoms with E-state index < -0.39 is 0 Å². The maximum Gasteiger partial charge on any atom is 0.163 e. The zero-order chi connectivity index (χ0) is 20.1. The van der Waals surface area contributed by atoms with Crippen LogP contribution in [-0.4, -0.2) is 7.11 Å². The molecule has 0 aliphatic carbocycles. The third kappa shape index (κ3) is 5.22. The number of benzene rings is 3. The highest BCUT2D eigenvalue weighted by atomic mass is 35.5. The second kappa shape index (κ2) is 9.37. The Balaban J connectivity index is 1.73. The molecule has 3 aromatic rings. The van der Waals surface area contributed by atoms with Gasteiger partial charge < -0.3 is 14.8 Å². The molecule has 28 heavy (non-hydrogen) atoms. The van der Waals surface area contributed by atoms with Crippen molar-refractivity contribution in [3.63, 3.8) is 0 Å². The number of nitrogens with one attached hydrogen (secondary N) is 1. The fourth-order valence-electron chi connectivity index (χ4n) is 2.55. The van der Waals surface area contributed by atoms with Crippen LogP contribution in [-0.2, 0) is 13.2 Å². The summed E-state index contributed by atoms with van der Waals surface area (Å²) in [5.74, 6) is 0.753. The summed E-state index contributed by atoms with van der Waals surface area (Å²) in [6, 6.07) is 14.8. The topological polar surface area (TPSA) is 30.5 Å². The Morgan fingerprint density at radius 3 is 2.36 bits per heavy atom. The molecule has 0 spiro atoms. The normalized spacial score (nSPS) is 10.6. The molecule has 0 saturated heterocycles. The fourth-order valence-corrected chi connectivity index (χ4v) is 3.13. The third-order valence-corrected chi connectivity index (χ3v) is 4.95. The van der Waals surface area contributed by atoms with Crippen LogP contribution in [0.1, 0.15) is 11.1 Å². The number of hydrogen-bond donors (Lipinski definition) is 1. The molecule has 0 atom stereocenters. The molecular formula is C21H17Cl3FNO2. The molecule has 0 aliphatic heterocycles. The summed E-state index contributed by atoms with van der Waals surface area (Å²) in [6.07, 6.45) is 0. The minimum atomic E-state index is -0.291. The number of rotatable bonds is 7. The van der Waals surface area contributed by atoms with Crippen LogP contribution >= 0.6 is 34.8 Å². The van der Waals surface area contributed by atoms with E-state index in [9.17, 15) is 4.39 Å². The molecule has 0 radical (unpaired) electrons. The van der Waals surface area contributed by atoms with Crippen molar-refractivity contribution in [3.05, 3.63) is 86.6 Å². The van der Waals surface area contributed by atoms with Crippen LogP contribution in [0, 0.1) is 5.82 Å². The third-order valence-electron chi connectivity index (χ3n) is 4.04. The van der Waals surface area contributed by atoms with Crippen molar-refractivity contribution < 1.29 is 13.9 Å². The first-order valence-electron chi connectivity index (χ1n) is 8.39. The second-order valence-corrected chi connectivity index (χ2v) is 7.24. The van der Waals surface area contributed by atoms with Crippen LogP contribution in [0.2, 0.25) is 15.1 Å². The van der Waals surface area contributed by atoms with Crippen molar-refractivity contribution in [1.29, 1.82) is 0 Å². The number of halogens is 4. The first-order chi connectivity index (χ1) is 13.5. The molecule has 146 valence electrons. The van der Waals surface area contributed by atoms with Crippen molar-refractivity contribution in [3.8, 4) is 11.5 Å². The number of hydrogen-bond acceptors (Lipinski definition) is 3. The highest BCUT2D eigenvalue weighted by molar-refractivity contribution is 6.35. The molecule has 0 fully saturated rings. The molecule has 0 aliphatic rings. The van der Waals surface area contributed by atoms with Crippen molar-refractivity contribution in [2.45, 2.75) is 13.2 Å². The van der Waals surface area contributed by atoms with E-state index in [2.05, 4.69) is 5.32 Å². The van der Waals surface area contributed by atoms with Gasteiger partial charge in [0.2, 0.25) is 0 Å². The Labute approximate surface area is 177 Å². The zero-order valence-electron chi connectivity index (χ0n) is 14.9. The highest BCUT2D eigenvalue weighted by Gasteiger charge is 2.12. The lowest BCUT2D eigenvalue weighted by atomic mass is 10.2. The summed E-state index contributed by atoms with van der Waals surface area (Å²) >= 11 is 18.6. The van der Waals surface area contributed by atoms with Gasteiger partial charge >= 0.3 is 0 Å². The minimum absolute atomic E-state index is 0.267. The van der Waals surface area contributed by atoms with Gasteiger partial charge in [-0.25, -0.2) is 4.39 Å². The summed E-state index contributed by atoms with van der Waals surface area (Å²) in [7, 11) is 1.55. The Morgan fingerprint density at radius 2 is 1.64 bits per heavy atom. The Hall–Kier alpha value is -2.14. The molecule has 0 saturated carbocycles. The van der Waals surface area contributed by atoms with Crippen LogP contribution in [0.3, 0.4) is 0 Å². The standard InChI is InChI=1S/C21H17Cl3FNO2/c1-27-20-8-14(11-26-19-9-15(22)4-7-17(19)23)18(24)10-21(20)28-12-13-2-5-16(25)6-3-13/h2-10,26H,11-12H2,1H3. The maximum absolute atomic E-state index is 13.0. The molecule has 0 unspecified atom stereocenters. The fraction of sp³-hybridized carbons (Fsp3) is 0.143. The molecule has 0 aromatic heterocycles. The maximum atomic E-state index is 13.0. The SMILES string of the molecule is COc1cc(CNc2cc(Cl)ccc2Cl)c(Cl)cc1OCc1ccc(F)cc1. The first kappa shape index (κ1) is 20.6. The van der Waals surface area contributed by atoms with Gasteiger partial charge in [0.05, 0.1) is 17.8 Å². The molecule has 7 heteroatoms. The van der Waals surface area contributed by atoms with Crippen molar-refractivity contribution in [2.75, 3.05) is 12.4 Å². The number of anilines is 1. The van der Waals surface area contributed by atoms with Crippen molar-refractivity contribution >= 4 is 40.5 Å². The Bertz CT molecular complexity index is 965. The molecule has 3 aromatic carbocycles. The summed E-state index contributed by atoms with van der Waals surface area (Å²) in [4.78, 5) is 0. The van der Waals surface area contributed by atoms with Crippen molar-refractivity contribution in [1.82, 2.24) is 0 Å². The zero-order valence-corrected chi connectivity index (χ0v) is 17.2. The predicted molar refractivity (Wildman–Crippen MR) is 113 cm³/mol. The van der Waals surface area contributed by atoms with Crippen molar-refractivity contribution in [2.24, 2.45) is 0 Å². The van der Waals surface area contributed by atoms with Crippen LogP contribution in [0.4, 0.5) is 10.1 Å². The summed E-state index contributed by atoms with van der Waals surface area (Å²) in [5.41, 5.74) is 2.35. The quantitative estimate of drug-likeness (QED) is 0.429. The van der Waals surface area contributed by atoms with Crippen LogP contribution in [0.25, 0.3) is 0 Å². The molecule has 0 bridgehead atoms. The van der Waals surface area contributed by atoms with E-state index in [1.165, 1.54) is 12.1 Å². The molecule has 0 amide bonds. The molecular weight excluding hydrogens is 424 g/mol. The van der Waals surface area contributed by atoms with Gasteiger partial charge in [0.25, 0.3) is 0 Å². The lowest BCUT2D eigenvalue weighted by Gasteiger charge is -2.15. The first-order valence-corrected chi connectivity index (χ1v) is 9.52. The Morgan fingerprint density at radius 1 is 0.893 bits per heavy atom. The smallest absolute Gasteiger partial charge is 0.163 e. The summed E-state index contributed by atoms with van der Waals surface area (Å²) < 4.78 is 24.2. The summed E-state index contributed by atoms with van der Waals surface area (Å²) in [5, 5.41) is 4.87. The van der Waals surface area contributed by atoms with Crippen LogP contribution in [0.15, 0.2) is 54.6 Å². The van der Waals surface area contributed by atoms with Gasteiger partial charge in [0.15, 0.2) is 11.5 Å². The second-order valence-electron chi connectivity index (χ2n) is 5.99. The minimum Gasteiger partial charge on any atom is -0.493 e. The monoisotopic (exact) mass is 439 g/mol. The lowest BCUT2D eigenvalue weighted by Crippen LogP contribution is -2.03. The summed E-state index contributed by atoms with van der Waals surface area (Å²) in [6.45, 7) is 0.691. The van der Waals surface area contributed by atoms with E-state index in [-0.39, 0.29) is 12.4 Å². The van der Waals surface area contributed by atoms with E-state index >= 15 is 0 Å². The number of ether oxygens (including phenoxy) is 2. The predicted octanol–water partition coefficient (Wildman–Crippen LogP) is 6.99. The van der Waals surface area contributed by atoms with E-state index in [0.29, 0.717) is 38.8 Å². The van der Waals surface area contributed by atoms with Crippen LogP contribution in [0.5, 0.6) is 11.5 Å². The molecule has 3 rings (SSSR count). The average molecular weight is 441 g/mol. The van der Waals surface area contributed by atoms with E-state index in [0.717, 1.165) is 11.1 Å². The molecule has 3 nitrogen and oxygen atoms in total. The number of methoxy groups -OCH3 is 1. The van der Waals surface area contributed by atoms with Gasteiger partial charge in [-0.15, -0.1) is 0 Å². The average Bonchev–Trinajstić information content (AvgIpc) is 2.69. The molecule has 0 heterocycles. The van der Waals surface area contributed by atoms with Crippen LogP contribution < -0.4 is 14.8 Å². The van der Waals surface area contributed by atoms with E-state index in [4.69, 9.17) is 44.3 Å². The Kier molecular flexibility index (Phi) is 6.89. The van der Waals surface area contributed by atoms with Gasteiger partial charge in [-0.2, -0.15) is 0 Å². The van der Waals surface area contributed by atoms with E-state index in [1.807, 2.05) is 0 Å². The van der Waals surface area contributed by atoms with E-state index in [1.54, 1.807) is 49.6 Å². The van der Waals surface area contributed by atoms with Gasteiger partial charge in [0.1, 0.15) is 12.4 Å². The molecule has 1 N–H and O–H groups in total. The van der Waals surface area contributed by atoms with Gasteiger partial charge in [-0.05, 0) is 47.5 Å². The highest BCUT2D eigenvalue weighted by Crippen LogP contribution is 2.35. The largest absolute Gasteiger partial charge is 0.493 e. The van der Waals surface area contributed by atoms with Gasteiger partial charge in [-0.1, -0.05) is 46.9 Å². The lowest BCUT2D eigenvalue weighted by molar-refractivity contribution is 0.284. The van der Waals surface area contributed by atoms with Gasteiger partial charge in [-0.3, -0.25) is 0 Å². The van der Waals surface area contributed by atoms with Gasteiger partial charge in [0, 0.05) is 22.7 Å².